The summed E-state index contributed by atoms with van der Waals surface area (Å²) in [4.78, 5) is 2.49. The number of rotatable bonds is 4. The molecule has 2 heteroatoms. The van der Waals surface area contributed by atoms with Crippen LogP contribution in [0, 0.1) is 12.8 Å². The van der Waals surface area contributed by atoms with Crippen LogP contribution in [0.4, 0.5) is 5.69 Å². The predicted molar refractivity (Wildman–Crippen MR) is 83.8 cm³/mol. The molecule has 1 aliphatic carbocycles. The summed E-state index contributed by atoms with van der Waals surface area (Å²) < 4.78 is 0. The van der Waals surface area contributed by atoms with Gasteiger partial charge in [-0.2, -0.15) is 0 Å². The minimum Gasteiger partial charge on any atom is -0.372 e. The Morgan fingerprint density at radius 1 is 1.21 bits per heavy atom. The molecule has 0 aliphatic heterocycles. The Hall–Kier alpha value is -1.02. The Morgan fingerprint density at radius 2 is 1.89 bits per heavy atom. The van der Waals surface area contributed by atoms with Crippen molar-refractivity contribution in [3.05, 3.63) is 29.3 Å². The molecule has 2 rings (SSSR count). The third-order valence-electron chi connectivity index (χ3n) is 4.63. The Bertz CT molecular complexity index is 406. The second-order valence-corrected chi connectivity index (χ2v) is 6.17. The predicted octanol–water partition coefficient (Wildman–Crippen LogP) is 3.73. The zero-order valence-electron chi connectivity index (χ0n) is 12.9. The van der Waals surface area contributed by atoms with E-state index in [9.17, 15) is 0 Å². The van der Waals surface area contributed by atoms with Gasteiger partial charge in [0.1, 0.15) is 0 Å². The lowest BCUT2D eigenvalue weighted by molar-refractivity contribution is 0.341. The normalized spacial score (nSPS) is 23.4. The van der Waals surface area contributed by atoms with E-state index < -0.39 is 0 Å². The van der Waals surface area contributed by atoms with Gasteiger partial charge in [-0.3, -0.25) is 0 Å². The molecule has 0 radical (unpaired) electrons. The molecule has 0 amide bonds. The quantitative estimate of drug-likeness (QED) is 0.887. The van der Waals surface area contributed by atoms with Crippen LogP contribution in [0.1, 0.15) is 43.7 Å². The van der Waals surface area contributed by atoms with Gasteiger partial charge in [-0.05, 0) is 68.8 Å². The number of anilines is 1. The molecule has 0 saturated heterocycles. The molecule has 1 N–H and O–H groups in total. The lowest BCUT2D eigenvalue weighted by Gasteiger charge is -2.35. The fourth-order valence-corrected chi connectivity index (χ4v) is 3.13. The monoisotopic (exact) mass is 260 g/mol. The van der Waals surface area contributed by atoms with E-state index in [0.717, 1.165) is 18.5 Å². The molecule has 0 aromatic heterocycles. The maximum Gasteiger partial charge on any atom is 0.0368 e. The summed E-state index contributed by atoms with van der Waals surface area (Å²) in [6, 6.07) is 7.61. The first kappa shape index (κ1) is 14.4. The average Bonchev–Trinajstić information content (AvgIpc) is 2.41. The van der Waals surface area contributed by atoms with Gasteiger partial charge in [-0.1, -0.05) is 13.0 Å². The lowest BCUT2D eigenvalue weighted by atomic mass is 9.86. The van der Waals surface area contributed by atoms with Gasteiger partial charge in [0.2, 0.25) is 0 Å². The summed E-state index contributed by atoms with van der Waals surface area (Å²) in [5.41, 5.74) is 4.16. The molecule has 1 aromatic rings. The molecule has 1 saturated carbocycles. The molecule has 1 aromatic carbocycles. The van der Waals surface area contributed by atoms with Gasteiger partial charge in [-0.25, -0.2) is 0 Å². The van der Waals surface area contributed by atoms with E-state index in [1.807, 2.05) is 7.05 Å². The van der Waals surface area contributed by atoms with E-state index in [-0.39, 0.29) is 0 Å². The highest BCUT2D eigenvalue weighted by atomic mass is 15.1. The molecule has 0 bridgehead atoms. The van der Waals surface area contributed by atoms with Crippen molar-refractivity contribution in [1.29, 1.82) is 0 Å². The first-order valence-corrected chi connectivity index (χ1v) is 7.58. The van der Waals surface area contributed by atoms with Crippen molar-refractivity contribution in [2.24, 2.45) is 5.92 Å². The minimum atomic E-state index is 0.728. The molecule has 106 valence electrons. The van der Waals surface area contributed by atoms with E-state index in [1.165, 1.54) is 42.5 Å². The van der Waals surface area contributed by atoms with Crippen LogP contribution in [0.5, 0.6) is 0 Å². The maximum absolute atomic E-state index is 3.23. The second kappa shape index (κ2) is 6.42. The van der Waals surface area contributed by atoms with E-state index in [2.05, 4.69) is 49.3 Å². The highest BCUT2D eigenvalue weighted by Crippen LogP contribution is 2.30. The van der Waals surface area contributed by atoms with Gasteiger partial charge in [-0.15, -0.1) is 0 Å². The fraction of sp³-hybridized carbons (Fsp3) is 0.647. The molecule has 0 spiro atoms. The van der Waals surface area contributed by atoms with Gasteiger partial charge in [0.05, 0.1) is 0 Å². The van der Waals surface area contributed by atoms with Gasteiger partial charge in [0.15, 0.2) is 0 Å². The largest absolute Gasteiger partial charge is 0.372 e. The molecule has 1 aliphatic rings. The molecule has 0 heterocycles. The van der Waals surface area contributed by atoms with Crippen LogP contribution >= 0.6 is 0 Å². The summed E-state index contributed by atoms with van der Waals surface area (Å²) in [5, 5.41) is 3.23. The molecule has 0 atom stereocenters. The zero-order valence-corrected chi connectivity index (χ0v) is 12.9. The van der Waals surface area contributed by atoms with Crippen LogP contribution in [0.25, 0.3) is 0 Å². The zero-order chi connectivity index (χ0) is 13.8. The van der Waals surface area contributed by atoms with E-state index in [1.54, 1.807) is 0 Å². The molecule has 2 nitrogen and oxygen atoms in total. The van der Waals surface area contributed by atoms with Crippen molar-refractivity contribution in [3.8, 4) is 0 Å². The Balaban J connectivity index is 2.06. The van der Waals surface area contributed by atoms with Crippen LogP contribution in [0.3, 0.4) is 0 Å². The van der Waals surface area contributed by atoms with Crippen molar-refractivity contribution < 1.29 is 0 Å². The molecule has 19 heavy (non-hydrogen) atoms. The SMILES string of the molecule is CNCc1ccc(N(C)C2CCC(C)CC2)cc1C. The van der Waals surface area contributed by atoms with Crippen LogP contribution in [-0.2, 0) is 6.54 Å². The van der Waals surface area contributed by atoms with Crippen molar-refractivity contribution in [2.45, 2.75) is 52.1 Å². The lowest BCUT2D eigenvalue weighted by Crippen LogP contribution is -2.34. The van der Waals surface area contributed by atoms with Gasteiger partial charge >= 0.3 is 0 Å². The Morgan fingerprint density at radius 3 is 2.47 bits per heavy atom. The third kappa shape index (κ3) is 3.50. The summed E-state index contributed by atoms with van der Waals surface area (Å²) in [7, 11) is 4.26. The Kier molecular flexibility index (Phi) is 4.87. The number of nitrogens with zero attached hydrogens (tertiary/aromatic N) is 1. The van der Waals surface area contributed by atoms with Crippen LogP contribution in [-0.4, -0.2) is 20.1 Å². The summed E-state index contributed by atoms with van der Waals surface area (Å²) in [5.74, 6) is 0.921. The van der Waals surface area contributed by atoms with Crippen molar-refractivity contribution >= 4 is 5.69 Å². The smallest absolute Gasteiger partial charge is 0.0368 e. The maximum atomic E-state index is 3.23. The molecular weight excluding hydrogens is 232 g/mol. The second-order valence-electron chi connectivity index (χ2n) is 6.17. The van der Waals surface area contributed by atoms with Gasteiger partial charge in [0.25, 0.3) is 0 Å². The van der Waals surface area contributed by atoms with Crippen LogP contribution in [0.15, 0.2) is 18.2 Å². The number of benzene rings is 1. The average molecular weight is 260 g/mol. The number of hydrogen-bond acceptors (Lipinski definition) is 2. The molecule has 0 unspecified atom stereocenters. The Labute approximate surface area is 118 Å². The van der Waals surface area contributed by atoms with E-state index in [4.69, 9.17) is 0 Å². The topological polar surface area (TPSA) is 15.3 Å². The van der Waals surface area contributed by atoms with Gasteiger partial charge in [0, 0.05) is 25.3 Å². The number of nitrogens with one attached hydrogen (secondary N) is 1. The first-order chi connectivity index (χ1) is 9.11. The summed E-state index contributed by atoms with van der Waals surface area (Å²) >= 11 is 0. The minimum absolute atomic E-state index is 0.728. The summed E-state index contributed by atoms with van der Waals surface area (Å²) in [6.45, 7) is 5.55. The molecule has 1 fully saturated rings. The highest BCUT2D eigenvalue weighted by molar-refractivity contribution is 5.51. The summed E-state index contributed by atoms with van der Waals surface area (Å²) in [6.07, 6.45) is 5.45. The van der Waals surface area contributed by atoms with Crippen LogP contribution in [0.2, 0.25) is 0 Å². The number of hydrogen-bond donors (Lipinski definition) is 1. The first-order valence-electron chi connectivity index (χ1n) is 7.58. The van der Waals surface area contributed by atoms with Gasteiger partial charge < -0.3 is 10.2 Å². The van der Waals surface area contributed by atoms with E-state index >= 15 is 0 Å². The van der Waals surface area contributed by atoms with E-state index in [0.29, 0.717) is 0 Å². The number of aryl methyl sites for hydroxylation is 1. The molecular formula is C17H28N2. The third-order valence-corrected chi connectivity index (χ3v) is 4.63. The van der Waals surface area contributed by atoms with Crippen molar-refractivity contribution in [2.75, 3.05) is 19.0 Å². The highest BCUT2D eigenvalue weighted by Gasteiger charge is 2.22. The fourth-order valence-electron chi connectivity index (χ4n) is 3.13. The van der Waals surface area contributed by atoms with Crippen molar-refractivity contribution in [3.63, 3.8) is 0 Å². The standard InChI is InChI=1S/C17H28N2/c1-13-5-8-16(9-6-13)19(4)17-10-7-15(12-18-3)14(2)11-17/h7,10-11,13,16,18H,5-6,8-9,12H2,1-4H3. The van der Waals surface area contributed by atoms with Crippen molar-refractivity contribution in [1.82, 2.24) is 5.32 Å². The van der Waals surface area contributed by atoms with Crippen LogP contribution < -0.4 is 10.2 Å².